The maximum atomic E-state index is 3.00. The van der Waals surface area contributed by atoms with Crippen molar-refractivity contribution in [2.45, 2.75) is 123 Å². The van der Waals surface area contributed by atoms with Crippen LogP contribution in [-0.4, -0.2) is 16.0 Å². The molecule has 0 nitrogen and oxygen atoms in total. The van der Waals surface area contributed by atoms with E-state index in [4.69, 9.17) is 0 Å². The predicted molar refractivity (Wildman–Crippen MR) is 133 cm³/mol. The van der Waals surface area contributed by atoms with Crippen LogP contribution >= 0.6 is 0 Å². The van der Waals surface area contributed by atoms with E-state index in [-0.39, 0.29) is 0 Å². The quantitative estimate of drug-likeness (QED) is 0.255. The Morgan fingerprint density at radius 2 is 1.83 bits per heavy atom. The van der Waals surface area contributed by atoms with E-state index < -0.39 is 0 Å². The van der Waals surface area contributed by atoms with Crippen LogP contribution in [0.15, 0.2) is 11.6 Å². The number of rotatable bonds is 7. The van der Waals surface area contributed by atoms with Gasteiger partial charge in [0.25, 0.3) is 0 Å². The van der Waals surface area contributed by atoms with E-state index in [1.165, 1.54) is 83.5 Å². The second-order valence-electron chi connectivity index (χ2n) is 12.7. The Kier molecular flexibility index (Phi) is 7.22. The van der Waals surface area contributed by atoms with E-state index in [1.54, 1.807) is 0 Å². The van der Waals surface area contributed by atoms with Gasteiger partial charge in [0.2, 0.25) is 0 Å². The summed E-state index contributed by atoms with van der Waals surface area (Å²) in [6, 6.07) is 0. The predicted octanol–water partition coefficient (Wildman–Crippen LogP) is 8.50. The molecular formula is C29H50Se. The van der Waals surface area contributed by atoms with Crippen molar-refractivity contribution in [3.63, 3.8) is 0 Å². The van der Waals surface area contributed by atoms with Gasteiger partial charge in [-0.3, -0.25) is 0 Å². The average molecular weight is 478 g/mol. The van der Waals surface area contributed by atoms with Gasteiger partial charge in [-0.2, -0.15) is 0 Å². The van der Waals surface area contributed by atoms with E-state index in [0.717, 1.165) is 40.3 Å². The third kappa shape index (κ3) is 4.02. The van der Waals surface area contributed by atoms with Crippen molar-refractivity contribution in [2.75, 3.05) is 0 Å². The molecule has 0 N–H and O–H groups in total. The Morgan fingerprint density at radius 1 is 1.03 bits per heavy atom. The first-order valence-corrected chi connectivity index (χ1v) is 14.8. The average Bonchev–Trinajstić information content (AvgIpc) is 3.05. The minimum atomic E-state index is 0.594. The Hall–Kier alpha value is 0.259. The SMILES string of the molecule is CCC[C@]12CC[C@H]([SeH])CC1=CC[C@@H]1[C@@H]2CC[C@]2(C)[C@@H]([C@H](C)CCCC(C)C)CC[C@@H]12. The molecule has 0 saturated heterocycles. The Balaban J connectivity index is 1.53. The summed E-state index contributed by atoms with van der Waals surface area (Å²) in [5.41, 5.74) is 3.13. The van der Waals surface area contributed by atoms with Crippen LogP contribution in [0.2, 0.25) is 4.82 Å². The summed E-state index contributed by atoms with van der Waals surface area (Å²) in [7, 11) is 0. The summed E-state index contributed by atoms with van der Waals surface area (Å²) in [4.78, 5) is 0.863. The molecule has 0 unspecified atom stereocenters. The van der Waals surface area contributed by atoms with E-state index in [1.807, 2.05) is 5.57 Å². The van der Waals surface area contributed by atoms with Crippen LogP contribution in [0.3, 0.4) is 0 Å². The first kappa shape index (κ1) is 23.4. The van der Waals surface area contributed by atoms with Crippen molar-refractivity contribution >= 4 is 16.0 Å². The van der Waals surface area contributed by atoms with Crippen LogP contribution in [0.25, 0.3) is 0 Å². The standard InChI is InChI=1S/C29H50Se/c1-6-16-29-18-14-23(30)19-22(29)10-11-24-26-13-12-25(21(4)9-7-8-20(2)3)28(26,5)17-15-27(24)29/h10,20-21,23-27,30H,6-9,11-19H2,1-5H3/t21-,23+,24+,25-,26+,27+,28-,29+/m1/s1. The second-order valence-corrected chi connectivity index (χ2v) is 14.2. The summed E-state index contributed by atoms with van der Waals surface area (Å²) in [6.07, 6.45) is 21.9. The molecule has 8 atom stereocenters. The van der Waals surface area contributed by atoms with Gasteiger partial charge in [0, 0.05) is 0 Å². The zero-order valence-corrected chi connectivity index (χ0v) is 22.6. The normalized spacial score (nSPS) is 44.2. The van der Waals surface area contributed by atoms with Gasteiger partial charge in [-0.15, -0.1) is 0 Å². The molecule has 4 rings (SSSR count). The van der Waals surface area contributed by atoms with Gasteiger partial charge in [-0.25, -0.2) is 0 Å². The maximum absolute atomic E-state index is 3.00. The Bertz CT molecular complexity index is 620. The molecule has 0 heterocycles. The Morgan fingerprint density at radius 3 is 2.57 bits per heavy atom. The van der Waals surface area contributed by atoms with Gasteiger partial charge in [-0.1, -0.05) is 20.3 Å². The second kappa shape index (κ2) is 9.25. The summed E-state index contributed by atoms with van der Waals surface area (Å²) in [5, 5.41) is 0. The summed E-state index contributed by atoms with van der Waals surface area (Å²) in [6.45, 7) is 12.6. The van der Waals surface area contributed by atoms with Crippen molar-refractivity contribution in [3.8, 4) is 0 Å². The summed E-state index contributed by atoms with van der Waals surface area (Å²) < 4.78 is 0. The molecule has 0 radical (unpaired) electrons. The fourth-order valence-electron chi connectivity index (χ4n) is 9.38. The van der Waals surface area contributed by atoms with Gasteiger partial charge >= 0.3 is 171 Å². The number of hydrogen-bond acceptors (Lipinski definition) is 0. The number of hydrogen-bond donors (Lipinski definition) is 0. The van der Waals surface area contributed by atoms with Crippen LogP contribution in [0.4, 0.5) is 0 Å². The molecule has 3 saturated carbocycles. The molecule has 4 aliphatic rings. The first-order chi connectivity index (χ1) is 14.3. The zero-order valence-electron chi connectivity index (χ0n) is 20.8. The molecule has 30 heavy (non-hydrogen) atoms. The topological polar surface area (TPSA) is 0 Å². The van der Waals surface area contributed by atoms with Crippen LogP contribution in [-0.2, 0) is 0 Å². The molecule has 0 spiro atoms. The fourth-order valence-corrected chi connectivity index (χ4v) is 10.1. The van der Waals surface area contributed by atoms with E-state index in [0.29, 0.717) is 10.8 Å². The van der Waals surface area contributed by atoms with Crippen molar-refractivity contribution < 1.29 is 0 Å². The zero-order chi connectivity index (χ0) is 21.5. The monoisotopic (exact) mass is 478 g/mol. The van der Waals surface area contributed by atoms with Crippen LogP contribution in [0.5, 0.6) is 0 Å². The molecule has 0 aromatic rings. The number of allylic oxidation sites excluding steroid dienone is 2. The molecule has 0 aromatic heterocycles. The first-order valence-electron chi connectivity index (χ1n) is 13.7. The van der Waals surface area contributed by atoms with Gasteiger partial charge < -0.3 is 0 Å². The van der Waals surface area contributed by atoms with E-state index in [9.17, 15) is 0 Å². The summed E-state index contributed by atoms with van der Waals surface area (Å²) in [5.74, 6) is 5.81. The van der Waals surface area contributed by atoms with Gasteiger partial charge in [-0.05, 0) is 5.92 Å². The third-order valence-corrected chi connectivity index (χ3v) is 11.6. The molecular weight excluding hydrogens is 427 g/mol. The van der Waals surface area contributed by atoms with Crippen molar-refractivity contribution in [2.24, 2.45) is 46.3 Å². The van der Waals surface area contributed by atoms with Crippen molar-refractivity contribution in [1.82, 2.24) is 0 Å². The molecule has 0 aliphatic heterocycles. The van der Waals surface area contributed by atoms with Crippen molar-refractivity contribution in [1.29, 1.82) is 0 Å². The van der Waals surface area contributed by atoms with Gasteiger partial charge in [0.15, 0.2) is 0 Å². The van der Waals surface area contributed by atoms with Gasteiger partial charge in [0.1, 0.15) is 0 Å². The molecule has 0 bridgehead atoms. The Labute approximate surface area is 196 Å². The van der Waals surface area contributed by atoms with Crippen LogP contribution in [0.1, 0.15) is 118 Å². The molecule has 0 amide bonds. The molecule has 1 heteroatoms. The van der Waals surface area contributed by atoms with E-state index >= 15 is 0 Å². The number of fused-ring (bicyclic) bond motifs is 5. The van der Waals surface area contributed by atoms with Crippen LogP contribution < -0.4 is 0 Å². The minimum absolute atomic E-state index is 0.594. The molecule has 0 aromatic carbocycles. The summed E-state index contributed by atoms with van der Waals surface area (Å²) >= 11 is 3.00. The molecule has 172 valence electrons. The van der Waals surface area contributed by atoms with Gasteiger partial charge in [0.05, 0.1) is 0 Å². The van der Waals surface area contributed by atoms with Crippen LogP contribution in [0, 0.1) is 46.3 Å². The third-order valence-electron chi connectivity index (χ3n) is 10.7. The molecule has 4 aliphatic carbocycles. The van der Waals surface area contributed by atoms with Crippen molar-refractivity contribution in [3.05, 3.63) is 11.6 Å². The fraction of sp³-hybridized carbons (Fsp3) is 0.931. The molecule has 3 fully saturated rings. The van der Waals surface area contributed by atoms with E-state index in [2.05, 4.69) is 56.7 Å².